The lowest BCUT2D eigenvalue weighted by Crippen LogP contribution is -2.40. The lowest BCUT2D eigenvalue weighted by Gasteiger charge is -2.38. The van der Waals surface area contributed by atoms with Gasteiger partial charge in [0.15, 0.2) is 0 Å². The first-order chi connectivity index (χ1) is 14.7. The van der Waals surface area contributed by atoms with E-state index in [1.165, 1.54) is 6.21 Å². The van der Waals surface area contributed by atoms with Crippen molar-refractivity contribution in [1.29, 1.82) is 0 Å². The van der Waals surface area contributed by atoms with Crippen molar-refractivity contribution < 1.29 is 13.5 Å². The molecular weight excluding hydrogens is 413 g/mol. The van der Waals surface area contributed by atoms with Gasteiger partial charge in [0.2, 0.25) is 0 Å². The molecule has 1 rings (SSSR count). The zero-order valence-electron chi connectivity index (χ0n) is 20.1. The van der Waals surface area contributed by atoms with E-state index >= 15 is 0 Å². The van der Waals surface area contributed by atoms with Crippen molar-refractivity contribution in [3.05, 3.63) is 35.7 Å². The summed E-state index contributed by atoms with van der Waals surface area (Å²) in [6.45, 7) is 15.7. The van der Waals surface area contributed by atoms with Crippen LogP contribution in [0.15, 0.2) is 40.7 Å². The highest BCUT2D eigenvalue weighted by Gasteiger charge is 2.30. The number of allylic oxidation sites excluding steroid dienone is 4. The fourth-order valence-corrected chi connectivity index (χ4v) is 3.82. The lowest BCUT2D eigenvalue weighted by atomic mass is 9.97. The Morgan fingerprint density at radius 2 is 1.84 bits per heavy atom. The van der Waals surface area contributed by atoms with Gasteiger partial charge in [0.25, 0.3) is 5.66 Å². The fourth-order valence-electron chi connectivity index (χ4n) is 3.62. The van der Waals surface area contributed by atoms with Gasteiger partial charge in [-0.2, -0.15) is 8.78 Å². The molecule has 6 heteroatoms. The molecule has 0 radical (unpaired) electrons. The first-order valence-electron chi connectivity index (χ1n) is 11.9. The average Bonchev–Trinajstić information content (AvgIpc) is 2.70. The number of alkyl halides is 2. The zero-order valence-corrected chi connectivity index (χ0v) is 21.2. The maximum Gasteiger partial charge on any atom is 0.285 e. The van der Waals surface area contributed by atoms with E-state index in [1.54, 1.807) is 15.3 Å². The highest BCUT2D eigenvalue weighted by molar-refractivity contribution is 7.18. The van der Waals surface area contributed by atoms with Crippen LogP contribution in [0.3, 0.4) is 0 Å². The predicted molar refractivity (Wildman–Crippen MR) is 133 cm³/mol. The van der Waals surface area contributed by atoms with Crippen molar-refractivity contribution in [2.24, 2.45) is 4.99 Å². The van der Waals surface area contributed by atoms with Gasteiger partial charge >= 0.3 is 0 Å². The molecule has 0 aromatic rings. The normalized spacial score (nSPS) is 21.1. The summed E-state index contributed by atoms with van der Waals surface area (Å²) in [4.78, 5) is 6.71. The van der Waals surface area contributed by atoms with Gasteiger partial charge in [-0.1, -0.05) is 55.2 Å². The quantitative estimate of drug-likeness (QED) is 0.188. The van der Waals surface area contributed by atoms with Gasteiger partial charge in [-0.3, -0.25) is 4.99 Å². The van der Waals surface area contributed by atoms with Crippen molar-refractivity contribution in [3.8, 4) is 0 Å². The Labute approximate surface area is 191 Å². The average molecular weight is 457 g/mol. The maximum absolute atomic E-state index is 13.5. The van der Waals surface area contributed by atoms with E-state index in [9.17, 15) is 8.78 Å². The number of aliphatic imine (C=N–C) groups is 1. The van der Waals surface area contributed by atoms with Crippen molar-refractivity contribution >= 4 is 15.5 Å². The molecule has 2 atom stereocenters. The van der Waals surface area contributed by atoms with Gasteiger partial charge in [0.1, 0.15) is 5.60 Å². The predicted octanol–water partition coefficient (Wildman–Crippen LogP) is 7.51. The molecule has 1 heterocycles. The number of ether oxygens (including phenoxy) is 1. The van der Waals surface area contributed by atoms with Crippen molar-refractivity contribution in [1.82, 2.24) is 4.90 Å². The molecule has 31 heavy (non-hydrogen) atoms. The van der Waals surface area contributed by atoms with E-state index < -0.39 is 5.66 Å². The Morgan fingerprint density at radius 3 is 2.45 bits per heavy atom. The van der Waals surface area contributed by atoms with Crippen molar-refractivity contribution in [2.75, 3.05) is 19.7 Å². The fraction of sp³-hybridized carbons (Fsp3) is 0.720. The molecule has 0 N–H and O–H groups in total. The van der Waals surface area contributed by atoms with Crippen LogP contribution in [0.1, 0.15) is 85.5 Å². The Kier molecular flexibility index (Phi) is 12.8. The molecule has 0 spiro atoms. The number of hydrogen-bond acceptors (Lipinski definition) is 3. The third-order valence-corrected chi connectivity index (χ3v) is 6.14. The Hall–Kier alpha value is -1.06. The summed E-state index contributed by atoms with van der Waals surface area (Å²) in [5.74, 6) is 0. The summed E-state index contributed by atoms with van der Waals surface area (Å²) in [6, 6.07) is 0. The largest absolute Gasteiger partial charge is 0.373 e. The lowest BCUT2D eigenvalue weighted by molar-refractivity contribution is -0.0248. The summed E-state index contributed by atoms with van der Waals surface area (Å²) in [6.07, 6.45) is 13.3. The van der Waals surface area contributed by atoms with Crippen LogP contribution >= 0.6 is 9.24 Å². The van der Waals surface area contributed by atoms with E-state index in [0.717, 1.165) is 82.5 Å². The van der Waals surface area contributed by atoms with Crippen LogP contribution < -0.4 is 0 Å². The highest BCUT2D eigenvalue weighted by Crippen LogP contribution is 2.32. The molecule has 0 saturated heterocycles. The molecule has 1 aliphatic heterocycles. The van der Waals surface area contributed by atoms with E-state index in [2.05, 4.69) is 50.2 Å². The molecule has 0 bridgehead atoms. The first-order valence-corrected chi connectivity index (χ1v) is 12.4. The first kappa shape index (κ1) is 28.0. The molecular formula is C25H43F2N2OP. The second-order valence-electron chi connectivity index (χ2n) is 8.49. The Morgan fingerprint density at radius 1 is 1.13 bits per heavy atom. The third-order valence-electron chi connectivity index (χ3n) is 5.81. The van der Waals surface area contributed by atoms with Crippen LogP contribution in [0.4, 0.5) is 8.78 Å². The van der Waals surface area contributed by atoms with Crippen LogP contribution in [-0.4, -0.2) is 42.1 Å². The molecule has 1 unspecified atom stereocenters. The van der Waals surface area contributed by atoms with Crippen LogP contribution in [-0.2, 0) is 4.74 Å². The van der Waals surface area contributed by atoms with E-state index in [-0.39, 0.29) is 11.2 Å². The molecule has 0 aromatic carbocycles. The zero-order chi connectivity index (χ0) is 23.3. The van der Waals surface area contributed by atoms with Gasteiger partial charge in [-0.15, -0.1) is 0 Å². The second-order valence-corrected chi connectivity index (χ2v) is 9.22. The van der Waals surface area contributed by atoms with Crippen molar-refractivity contribution in [3.63, 3.8) is 0 Å². The minimum atomic E-state index is -2.91. The summed E-state index contributed by atoms with van der Waals surface area (Å²) in [5, 5.41) is 0. The van der Waals surface area contributed by atoms with Gasteiger partial charge in [0.05, 0.1) is 0 Å². The minimum absolute atomic E-state index is 0.0129. The monoisotopic (exact) mass is 456 g/mol. The number of unbranched alkanes of at least 4 members (excludes halogenated alkanes) is 2. The van der Waals surface area contributed by atoms with Gasteiger partial charge in [0, 0.05) is 42.9 Å². The molecule has 0 saturated carbocycles. The number of halogens is 2. The highest BCUT2D eigenvalue weighted by atomic mass is 31.0. The molecule has 0 aromatic heterocycles. The van der Waals surface area contributed by atoms with Gasteiger partial charge < -0.3 is 9.64 Å². The molecule has 0 fully saturated rings. The van der Waals surface area contributed by atoms with Gasteiger partial charge in [-0.25, -0.2) is 0 Å². The Bertz CT molecular complexity index is 640. The second kappa shape index (κ2) is 14.2. The van der Waals surface area contributed by atoms with Gasteiger partial charge in [-0.05, 0) is 58.3 Å². The standard InChI is InChI=1S/C25H43F2N2OP/c1-6-17-29(21(4)24(5,8-3)30-19-7-2)18-13-9-10-15-23-16-12-11-14-22(20-28-23)25(26,27)31/h14,16,20H,4,6-13,15,17-19,31H2,1-3,5H3/b22-14+,23-16-,28-20+/t24-/m1/s1. The number of hydrogen-bond donors (Lipinski definition) is 0. The molecule has 1 aliphatic rings. The number of rotatable bonds is 15. The van der Waals surface area contributed by atoms with Crippen LogP contribution in [0.25, 0.3) is 0 Å². The molecule has 3 nitrogen and oxygen atoms in total. The van der Waals surface area contributed by atoms with Crippen LogP contribution in [0.5, 0.6) is 0 Å². The smallest absolute Gasteiger partial charge is 0.285 e. The molecule has 178 valence electrons. The SMILES string of the molecule is C=C(N(CCC)CCCCCC1=C\CC\C=C(C(F)(F)P)/C=N/1)[C@@](C)(CC)OCCC. The topological polar surface area (TPSA) is 24.8 Å². The number of nitrogens with zero attached hydrogens (tertiary/aromatic N) is 2. The summed E-state index contributed by atoms with van der Waals surface area (Å²) in [5.41, 5.74) is -1.24. The summed E-state index contributed by atoms with van der Waals surface area (Å²) >= 11 is 0. The molecule has 0 aliphatic carbocycles. The molecule has 0 amide bonds. The van der Waals surface area contributed by atoms with Crippen molar-refractivity contribution in [2.45, 2.75) is 96.7 Å². The van der Waals surface area contributed by atoms with E-state index in [0.29, 0.717) is 6.42 Å². The van der Waals surface area contributed by atoms with Crippen LogP contribution in [0, 0.1) is 0 Å². The van der Waals surface area contributed by atoms with E-state index in [1.807, 2.05) is 0 Å². The maximum atomic E-state index is 13.5. The minimum Gasteiger partial charge on any atom is -0.373 e. The summed E-state index contributed by atoms with van der Waals surface area (Å²) in [7, 11) is 1.60. The summed E-state index contributed by atoms with van der Waals surface area (Å²) < 4.78 is 33.2. The van der Waals surface area contributed by atoms with E-state index in [4.69, 9.17) is 4.74 Å². The van der Waals surface area contributed by atoms with Crippen LogP contribution in [0.2, 0.25) is 0 Å². The Balaban J connectivity index is 2.53. The third kappa shape index (κ3) is 9.95.